The Balaban J connectivity index is 2.62. The number of aliphatic hydroxyl groups excluding tert-OH is 1. The van der Waals surface area contributed by atoms with Gasteiger partial charge in [-0.25, -0.2) is 0 Å². The molecule has 0 bridgehead atoms. The Kier molecular flexibility index (Phi) is 5.98. The van der Waals surface area contributed by atoms with Crippen molar-refractivity contribution in [2.24, 2.45) is 0 Å². The van der Waals surface area contributed by atoms with Crippen LogP contribution in [0.4, 0.5) is 13.2 Å². The van der Waals surface area contributed by atoms with Crippen LogP contribution >= 0.6 is 0 Å². The first kappa shape index (κ1) is 16.9. The van der Waals surface area contributed by atoms with Crippen molar-refractivity contribution in [1.29, 1.82) is 0 Å². The second kappa shape index (κ2) is 7.06. The van der Waals surface area contributed by atoms with Crippen LogP contribution in [-0.2, 0) is 6.18 Å². The summed E-state index contributed by atoms with van der Waals surface area (Å²) in [5.74, 6) is 0. The highest BCUT2D eigenvalue weighted by molar-refractivity contribution is 5.27. The molecule has 6 heteroatoms. The molecule has 1 aromatic rings. The van der Waals surface area contributed by atoms with E-state index in [2.05, 4.69) is 5.32 Å². The normalized spacial score (nSPS) is 15.4. The molecule has 2 unspecified atom stereocenters. The Morgan fingerprint density at radius 2 is 1.95 bits per heavy atom. The van der Waals surface area contributed by atoms with Gasteiger partial charge >= 0.3 is 6.18 Å². The number of halogens is 3. The van der Waals surface area contributed by atoms with E-state index in [1.54, 1.807) is 13.0 Å². The smallest absolute Gasteiger partial charge is 0.390 e. The van der Waals surface area contributed by atoms with Crippen molar-refractivity contribution in [2.45, 2.75) is 25.2 Å². The minimum Gasteiger partial charge on any atom is -0.390 e. The van der Waals surface area contributed by atoms with Crippen LogP contribution < -0.4 is 5.32 Å². The Bertz CT molecular complexity index is 421. The second-order valence-electron chi connectivity index (χ2n) is 5.17. The Labute approximate surface area is 117 Å². The Morgan fingerprint density at radius 1 is 1.30 bits per heavy atom. The highest BCUT2D eigenvalue weighted by Crippen LogP contribution is 2.30. The lowest BCUT2D eigenvalue weighted by atomic mass is 10.0. The summed E-state index contributed by atoms with van der Waals surface area (Å²) in [6, 6.07) is 4.97. The van der Waals surface area contributed by atoms with Gasteiger partial charge in [0.15, 0.2) is 0 Å². The van der Waals surface area contributed by atoms with Gasteiger partial charge in [0.25, 0.3) is 0 Å². The first-order chi connectivity index (χ1) is 9.20. The van der Waals surface area contributed by atoms with Crippen molar-refractivity contribution in [3.05, 3.63) is 35.4 Å². The molecule has 2 atom stereocenters. The van der Waals surface area contributed by atoms with Crippen molar-refractivity contribution < 1.29 is 18.3 Å². The van der Waals surface area contributed by atoms with E-state index in [1.807, 2.05) is 19.0 Å². The van der Waals surface area contributed by atoms with Crippen LogP contribution in [-0.4, -0.2) is 43.3 Å². The molecule has 0 saturated heterocycles. The SMILES string of the molecule is CC(NCC(O)CN(C)C)c1cccc(C(F)(F)F)c1. The maximum absolute atomic E-state index is 12.6. The van der Waals surface area contributed by atoms with E-state index in [4.69, 9.17) is 0 Å². The maximum atomic E-state index is 12.6. The number of hydrogen-bond acceptors (Lipinski definition) is 3. The molecule has 0 fully saturated rings. The third-order valence-electron chi connectivity index (χ3n) is 2.95. The fraction of sp³-hybridized carbons (Fsp3) is 0.571. The van der Waals surface area contributed by atoms with Gasteiger partial charge in [0.2, 0.25) is 0 Å². The van der Waals surface area contributed by atoms with Gasteiger partial charge < -0.3 is 15.3 Å². The summed E-state index contributed by atoms with van der Waals surface area (Å²) in [5, 5.41) is 12.8. The topological polar surface area (TPSA) is 35.5 Å². The molecule has 114 valence electrons. The van der Waals surface area contributed by atoms with E-state index in [9.17, 15) is 18.3 Å². The molecular weight excluding hydrogens is 269 g/mol. The summed E-state index contributed by atoms with van der Waals surface area (Å²) in [5.41, 5.74) is -0.102. The summed E-state index contributed by atoms with van der Waals surface area (Å²) >= 11 is 0. The van der Waals surface area contributed by atoms with Gasteiger partial charge in [0.1, 0.15) is 0 Å². The predicted octanol–water partition coefficient (Wildman–Crippen LogP) is 2.28. The van der Waals surface area contributed by atoms with Crippen LogP contribution in [0.1, 0.15) is 24.1 Å². The number of aliphatic hydroxyl groups is 1. The van der Waals surface area contributed by atoms with Gasteiger partial charge in [-0.3, -0.25) is 0 Å². The third kappa shape index (κ3) is 5.48. The number of nitrogens with zero attached hydrogens (tertiary/aromatic N) is 1. The molecule has 0 aromatic heterocycles. The zero-order valence-electron chi connectivity index (χ0n) is 11.9. The van der Waals surface area contributed by atoms with Crippen LogP contribution in [0.2, 0.25) is 0 Å². The molecule has 1 rings (SSSR count). The van der Waals surface area contributed by atoms with Crippen molar-refractivity contribution in [3.63, 3.8) is 0 Å². The number of alkyl halides is 3. The standard InChI is InChI=1S/C14H21F3N2O/c1-10(18-8-13(20)9-19(2)3)11-5-4-6-12(7-11)14(15,16)17/h4-7,10,13,18,20H,8-9H2,1-3H3. The van der Waals surface area contributed by atoms with E-state index in [-0.39, 0.29) is 6.04 Å². The molecule has 0 aliphatic heterocycles. The van der Waals surface area contributed by atoms with E-state index in [0.29, 0.717) is 18.7 Å². The number of likely N-dealkylation sites (N-methyl/N-ethyl adjacent to an activating group) is 1. The molecular formula is C14H21F3N2O. The second-order valence-corrected chi connectivity index (χ2v) is 5.17. The number of benzene rings is 1. The van der Waals surface area contributed by atoms with Crippen LogP contribution in [0.3, 0.4) is 0 Å². The van der Waals surface area contributed by atoms with Crippen molar-refractivity contribution >= 4 is 0 Å². The molecule has 0 radical (unpaired) electrons. The molecule has 0 amide bonds. The molecule has 20 heavy (non-hydrogen) atoms. The lowest BCUT2D eigenvalue weighted by Gasteiger charge is -2.20. The highest BCUT2D eigenvalue weighted by Gasteiger charge is 2.30. The Hall–Kier alpha value is -1.11. The van der Waals surface area contributed by atoms with Gasteiger partial charge in [-0.1, -0.05) is 12.1 Å². The summed E-state index contributed by atoms with van der Waals surface area (Å²) in [6.45, 7) is 2.61. The van der Waals surface area contributed by atoms with Crippen LogP contribution in [0.25, 0.3) is 0 Å². The van der Waals surface area contributed by atoms with E-state index < -0.39 is 17.8 Å². The minimum absolute atomic E-state index is 0.255. The zero-order chi connectivity index (χ0) is 15.3. The fourth-order valence-electron chi connectivity index (χ4n) is 1.90. The van der Waals surface area contributed by atoms with Crippen LogP contribution in [0, 0.1) is 0 Å². The zero-order valence-corrected chi connectivity index (χ0v) is 11.9. The molecule has 3 nitrogen and oxygen atoms in total. The molecule has 0 saturated carbocycles. The average Bonchev–Trinajstić information content (AvgIpc) is 2.34. The molecule has 0 heterocycles. The third-order valence-corrected chi connectivity index (χ3v) is 2.95. The number of hydrogen-bond donors (Lipinski definition) is 2. The summed E-state index contributed by atoms with van der Waals surface area (Å²) in [4.78, 5) is 1.85. The summed E-state index contributed by atoms with van der Waals surface area (Å²) < 4.78 is 37.9. The van der Waals surface area contributed by atoms with Gasteiger partial charge in [-0.05, 0) is 38.7 Å². The van der Waals surface area contributed by atoms with Crippen LogP contribution in [0.5, 0.6) is 0 Å². The van der Waals surface area contributed by atoms with Crippen molar-refractivity contribution in [2.75, 3.05) is 27.2 Å². The van der Waals surface area contributed by atoms with E-state index in [1.165, 1.54) is 6.07 Å². The molecule has 0 spiro atoms. The molecule has 0 aliphatic carbocycles. The summed E-state index contributed by atoms with van der Waals surface area (Å²) in [7, 11) is 3.69. The average molecular weight is 290 g/mol. The maximum Gasteiger partial charge on any atom is 0.416 e. The molecule has 0 aliphatic rings. The Morgan fingerprint density at radius 3 is 2.50 bits per heavy atom. The van der Waals surface area contributed by atoms with Gasteiger partial charge in [-0.15, -0.1) is 0 Å². The predicted molar refractivity (Wildman–Crippen MR) is 72.4 cm³/mol. The number of nitrogens with one attached hydrogen (secondary N) is 1. The van der Waals surface area contributed by atoms with Crippen LogP contribution in [0.15, 0.2) is 24.3 Å². The number of rotatable bonds is 6. The largest absolute Gasteiger partial charge is 0.416 e. The minimum atomic E-state index is -4.33. The summed E-state index contributed by atoms with van der Waals surface area (Å²) in [6.07, 6.45) is -4.89. The van der Waals surface area contributed by atoms with Crippen molar-refractivity contribution in [1.82, 2.24) is 10.2 Å². The van der Waals surface area contributed by atoms with Gasteiger partial charge in [-0.2, -0.15) is 13.2 Å². The van der Waals surface area contributed by atoms with E-state index >= 15 is 0 Å². The highest BCUT2D eigenvalue weighted by atomic mass is 19.4. The van der Waals surface area contributed by atoms with Crippen molar-refractivity contribution in [3.8, 4) is 0 Å². The lowest BCUT2D eigenvalue weighted by Crippen LogP contribution is -2.36. The molecule has 1 aromatic carbocycles. The monoisotopic (exact) mass is 290 g/mol. The van der Waals surface area contributed by atoms with Gasteiger partial charge in [0, 0.05) is 19.1 Å². The molecule has 2 N–H and O–H groups in total. The quantitative estimate of drug-likeness (QED) is 0.844. The fourth-order valence-corrected chi connectivity index (χ4v) is 1.90. The van der Waals surface area contributed by atoms with Gasteiger partial charge in [0.05, 0.1) is 11.7 Å². The first-order valence-electron chi connectivity index (χ1n) is 6.43. The lowest BCUT2D eigenvalue weighted by molar-refractivity contribution is -0.137. The van der Waals surface area contributed by atoms with E-state index in [0.717, 1.165) is 12.1 Å². The first-order valence-corrected chi connectivity index (χ1v) is 6.43.